The molecule has 0 saturated heterocycles. The molecule has 0 saturated carbocycles. The topological polar surface area (TPSA) is 120 Å². The second-order valence-corrected chi connectivity index (χ2v) is 7.92. The van der Waals surface area contributed by atoms with E-state index in [0.717, 1.165) is 5.56 Å². The van der Waals surface area contributed by atoms with Crippen molar-refractivity contribution in [2.24, 2.45) is 5.73 Å². The van der Waals surface area contributed by atoms with Gasteiger partial charge in [-0.05, 0) is 59.7 Å². The summed E-state index contributed by atoms with van der Waals surface area (Å²) in [6.07, 6.45) is 0. The van der Waals surface area contributed by atoms with Crippen LogP contribution in [0.5, 0.6) is 11.5 Å². The summed E-state index contributed by atoms with van der Waals surface area (Å²) in [7, 11) is 0. The van der Waals surface area contributed by atoms with Crippen LogP contribution in [0, 0.1) is 3.57 Å². The average molecular weight is 535 g/mol. The third kappa shape index (κ3) is 5.16. The van der Waals surface area contributed by atoms with Crippen molar-refractivity contribution in [1.29, 1.82) is 0 Å². The Labute approximate surface area is 193 Å². The summed E-state index contributed by atoms with van der Waals surface area (Å²) >= 11 is 2.05. The van der Waals surface area contributed by atoms with Crippen molar-refractivity contribution in [3.8, 4) is 11.5 Å². The first-order valence-corrected chi connectivity index (χ1v) is 10.6. The molecule has 9 heteroatoms. The van der Waals surface area contributed by atoms with Crippen LogP contribution < -0.4 is 25.8 Å². The summed E-state index contributed by atoms with van der Waals surface area (Å²) in [6.45, 7) is 3.34. The molecule has 1 aliphatic rings. The number of carbonyl (C=O) groups is 3. The van der Waals surface area contributed by atoms with E-state index in [4.69, 9.17) is 15.2 Å². The maximum Gasteiger partial charge on any atom is 0.320 e. The molecule has 0 aliphatic carbocycles. The molecule has 2 aromatic rings. The maximum atomic E-state index is 12.7. The lowest BCUT2D eigenvalue weighted by Crippen LogP contribution is -2.44. The number of ketones is 1. The molecule has 0 radical (unpaired) electrons. The standard InChI is InChI=1S/C22H22IN3O5/c1-3-30-16-10-14(9-15(23)21(16)31-11-17(24)28)20-18(12(2)27)19(25-22(29)26-20)13-7-5-4-6-8-13/h4-10,20H,3,11H2,1-2H3,(H2,24,28)(H2,25,26,29)/t20-/m1/s1. The fourth-order valence-corrected chi connectivity index (χ4v) is 4.11. The molecule has 8 nitrogen and oxygen atoms in total. The molecule has 4 N–H and O–H groups in total. The van der Waals surface area contributed by atoms with Gasteiger partial charge in [0.25, 0.3) is 5.91 Å². The first-order chi connectivity index (χ1) is 14.8. The van der Waals surface area contributed by atoms with Gasteiger partial charge in [-0.3, -0.25) is 9.59 Å². The Morgan fingerprint density at radius 3 is 2.48 bits per heavy atom. The minimum atomic E-state index is -0.695. The van der Waals surface area contributed by atoms with Crippen LogP contribution in [0.2, 0.25) is 0 Å². The molecule has 3 rings (SSSR count). The van der Waals surface area contributed by atoms with Crippen LogP contribution in [0.25, 0.3) is 5.70 Å². The van der Waals surface area contributed by atoms with Crippen molar-refractivity contribution in [1.82, 2.24) is 10.6 Å². The van der Waals surface area contributed by atoms with Crippen LogP contribution in [0.1, 0.15) is 31.0 Å². The van der Waals surface area contributed by atoms with E-state index in [1.165, 1.54) is 6.92 Å². The van der Waals surface area contributed by atoms with Crippen molar-refractivity contribution in [2.45, 2.75) is 19.9 Å². The average Bonchev–Trinajstić information content (AvgIpc) is 2.72. The summed E-state index contributed by atoms with van der Waals surface area (Å²) in [5, 5.41) is 5.59. The van der Waals surface area contributed by atoms with Gasteiger partial charge in [-0.2, -0.15) is 0 Å². The van der Waals surface area contributed by atoms with E-state index in [9.17, 15) is 14.4 Å². The summed E-state index contributed by atoms with van der Waals surface area (Å²) in [5.41, 5.74) is 7.46. The van der Waals surface area contributed by atoms with Gasteiger partial charge in [0, 0.05) is 5.57 Å². The van der Waals surface area contributed by atoms with Crippen molar-refractivity contribution in [2.75, 3.05) is 13.2 Å². The second-order valence-electron chi connectivity index (χ2n) is 6.76. The van der Waals surface area contributed by atoms with Crippen LogP contribution >= 0.6 is 22.6 Å². The molecule has 3 amide bonds. The van der Waals surface area contributed by atoms with Gasteiger partial charge in [0.15, 0.2) is 23.9 Å². The Morgan fingerprint density at radius 1 is 1.16 bits per heavy atom. The van der Waals surface area contributed by atoms with E-state index in [-0.39, 0.29) is 12.4 Å². The lowest BCUT2D eigenvalue weighted by atomic mass is 9.90. The van der Waals surface area contributed by atoms with Crippen molar-refractivity contribution < 1.29 is 23.9 Å². The third-order valence-electron chi connectivity index (χ3n) is 4.54. The number of nitrogens with one attached hydrogen (secondary N) is 2. The molecule has 0 aromatic heterocycles. The van der Waals surface area contributed by atoms with E-state index < -0.39 is 18.0 Å². The van der Waals surface area contributed by atoms with Gasteiger partial charge in [-0.15, -0.1) is 0 Å². The van der Waals surface area contributed by atoms with E-state index >= 15 is 0 Å². The first-order valence-electron chi connectivity index (χ1n) is 9.57. The fourth-order valence-electron chi connectivity index (χ4n) is 3.33. The lowest BCUT2D eigenvalue weighted by molar-refractivity contribution is -0.120. The summed E-state index contributed by atoms with van der Waals surface area (Å²) in [6, 6.07) is 11.6. The molecular formula is C22H22IN3O5. The predicted molar refractivity (Wildman–Crippen MR) is 123 cm³/mol. The summed E-state index contributed by atoms with van der Waals surface area (Å²) in [4.78, 5) is 36.3. The van der Waals surface area contributed by atoms with Crippen LogP contribution in [-0.2, 0) is 9.59 Å². The van der Waals surface area contributed by atoms with E-state index in [2.05, 4.69) is 33.2 Å². The largest absolute Gasteiger partial charge is 0.490 e. The number of hydrogen-bond acceptors (Lipinski definition) is 5. The SMILES string of the molecule is CCOc1cc([C@H]2NC(=O)NC(c3ccccc3)=C2C(C)=O)cc(I)c1OCC(N)=O. The zero-order valence-electron chi connectivity index (χ0n) is 17.0. The van der Waals surface area contributed by atoms with Gasteiger partial charge in [-0.1, -0.05) is 30.3 Å². The van der Waals surface area contributed by atoms with Gasteiger partial charge in [-0.25, -0.2) is 4.79 Å². The zero-order chi connectivity index (χ0) is 22.5. The number of amides is 3. The monoisotopic (exact) mass is 535 g/mol. The van der Waals surface area contributed by atoms with Gasteiger partial charge in [0.05, 0.1) is 21.9 Å². The zero-order valence-corrected chi connectivity index (χ0v) is 19.2. The number of ether oxygens (including phenoxy) is 2. The predicted octanol–water partition coefficient (Wildman–Crippen LogP) is 2.91. The number of rotatable bonds is 8. The third-order valence-corrected chi connectivity index (χ3v) is 5.34. The van der Waals surface area contributed by atoms with Gasteiger partial charge >= 0.3 is 6.03 Å². The van der Waals surface area contributed by atoms with E-state index in [1.807, 2.05) is 37.3 Å². The molecule has 0 spiro atoms. The molecule has 0 bridgehead atoms. The molecular weight excluding hydrogens is 513 g/mol. The molecule has 162 valence electrons. The highest BCUT2D eigenvalue weighted by Gasteiger charge is 2.32. The van der Waals surface area contributed by atoms with Crippen LogP contribution in [-0.4, -0.2) is 30.9 Å². The normalized spacial score (nSPS) is 15.7. The van der Waals surface area contributed by atoms with Gasteiger partial charge in [0.2, 0.25) is 0 Å². The number of nitrogens with two attached hydrogens (primary N) is 1. The first kappa shape index (κ1) is 22.6. The summed E-state index contributed by atoms with van der Waals surface area (Å²) < 4.78 is 11.9. The number of hydrogen-bond donors (Lipinski definition) is 3. The van der Waals surface area contributed by atoms with Gasteiger partial charge < -0.3 is 25.8 Å². The van der Waals surface area contributed by atoms with Crippen LogP contribution in [0.15, 0.2) is 48.0 Å². The second kappa shape index (κ2) is 9.82. The number of benzene rings is 2. The molecule has 31 heavy (non-hydrogen) atoms. The van der Waals surface area contributed by atoms with Gasteiger partial charge in [0.1, 0.15) is 0 Å². The van der Waals surface area contributed by atoms with Crippen LogP contribution in [0.3, 0.4) is 0 Å². The number of carbonyl (C=O) groups excluding carboxylic acids is 3. The molecule has 2 aromatic carbocycles. The maximum absolute atomic E-state index is 12.7. The van der Waals surface area contributed by atoms with E-state index in [0.29, 0.717) is 38.5 Å². The highest BCUT2D eigenvalue weighted by molar-refractivity contribution is 14.1. The number of Topliss-reactive ketones (excluding diaryl/α,β-unsaturated/α-hetero) is 1. The molecule has 0 fully saturated rings. The summed E-state index contributed by atoms with van der Waals surface area (Å²) in [5.74, 6) is -0.0230. The number of urea groups is 1. The Morgan fingerprint density at radius 2 is 1.87 bits per heavy atom. The lowest BCUT2D eigenvalue weighted by Gasteiger charge is -2.30. The Balaban J connectivity index is 2.14. The smallest absolute Gasteiger partial charge is 0.320 e. The highest BCUT2D eigenvalue weighted by atomic mass is 127. The number of primary amides is 1. The molecule has 0 unspecified atom stereocenters. The highest BCUT2D eigenvalue weighted by Crippen LogP contribution is 2.39. The van der Waals surface area contributed by atoms with Crippen molar-refractivity contribution in [3.63, 3.8) is 0 Å². The van der Waals surface area contributed by atoms with Crippen molar-refractivity contribution in [3.05, 3.63) is 62.7 Å². The van der Waals surface area contributed by atoms with Crippen LogP contribution in [0.4, 0.5) is 4.79 Å². The molecule has 1 aliphatic heterocycles. The minimum Gasteiger partial charge on any atom is -0.490 e. The Kier molecular flexibility index (Phi) is 7.16. The quantitative estimate of drug-likeness (QED) is 0.450. The minimum absolute atomic E-state index is 0.182. The number of halogens is 1. The Bertz CT molecular complexity index is 1050. The van der Waals surface area contributed by atoms with E-state index in [1.54, 1.807) is 12.1 Å². The fraction of sp³-hybridized carbons (Fsp3) is 0.227. The Hall–Kier alpha value is -3.08. The molecule has 1 heterocycles. The molecule has 1 atom stereocenters. The van der Waals surface area contributed by atoms with Crippen molar-refractivity contribution >= 4 is 46.0 Å².